The molecule has 0 saturated heterocycles. The maximum atomic E-state index is 12.8. The topological polar surface area (TPSA) is 84.9 Å². The quantitative estimate of drug-likeness (QED) is 0.654. The number of carbonyl (C=O) groups excluding carboxylic acids is 1. The van der Waals surface area contributed by atoms with Crippen molar-refractivity contribution in [2.45, 2.75) is 33.2 Å². The number of aryl methyl sites for hydroxylation is 2. The summed E-state index contributed by atoms with van der Waals surface area (Å²) in [5, 5.41) is 2.94. The van der Waals surface area contributed by atoms with Crippen molar-refractivity contribution in [3.05, 3.63) is 53.1 Å². The number of rotatable bonds is 9. The van der Waals surface area contributed by atoms with Crippen LogP contribution >= 0.6 is 0 Å². The zero-order chi connectivity index (χ0) is 22.5. The van der Waals surface area contributed by atoms with Crippen molar-refractivity contribution in [2.75, 3.05) is 31.3 Å². The summed E-state index contributed by atoms with van der Waals surface area (Å²) in [4.78, 5) is 12.8. The van der Waals surface area contributed by atoms with Crippen molar-refractivity contribution in [3.63, 3.8) is 0 Å². The molecule has 1 atom stereocenters. The number of anilines is 1. The summed E-state index contributed by atoms with van der Waals surface area (Å²) in [6.07, 6.45) is 1.74. The SMILES string of the molecule is CCC(NC(=O)CN(c1c(C)cccc1C)S(C)(=O)=O)c1ccc(OC)c(OC)c1. The Kier molecular flexibility index (Phi) is 7.72. The van der Waals surface area contributed by atoms with Gasteiger partial charge >= 0.3 is 0 Å². The lowest BCUT2D eigenvalue weighted by molar-refractivity contribution is -0.120. The highest BCUT2D eigenvalue weighted by molar-refractivity contribution is 7.92. The van der Waals surface area contributed by atoms with Crippen LogP contribution in [0.15, 0.2) is 36.4 Å². The van der Waals surface area contributed by atoms with Gasteiger partial charge in [-0.3, -0.25) is 9.10 Å². The molecule has 0 radical (unpaired) electrons. The Morgan fingerprint density at radius 3 is 2.17 bits per heavy atom. The molecule has 8 heteroatoms. The number of hydrogen-bond donors (Lipinski definition) is 1. The molecule has 2 aromatic carbocycles. The molecular formula is C22H30N2O5S. The predicted molar refractivity (Wildman–Crippen MR) is 119 cm³/mol. The van der Waals surface area contributed by atoms with E-state index in [1.54, 1.807) is 20.3 Å². The first kappa shape index (κ1) is 23.5. The second-order valence-electron chi connectivity index (χ2n) is 7.15. The molecule has 0 fully saturated rings. The molecule has 0 aliphatic rings. The van der Waals surface area contributed by atoms with E-state index in [4.69, 9.17) is 9.47 Å². The fourth-order valence-electron chi connectivity index (χ4n) is 3.42. The predicted octanol–water partition coefficient (Wildman–Crippen LogP) is 3.35. The van der Waals surface area contributed by atoms with E-state index in [9.17, 15) is 13.2 Å². The standard InChI is InChI=1S/C22H30N2O5S/c1-7-18(17-11-12-19(28-4)20(13-17)29-5)23-21(25)14-24(30(6,26)27)22-15(2)9-8-10-16(22)3/h8-13,18H,7,14H2,1-6H3,(H,23,25). The molecule has 2 rings (SSSR count). The van der Waals surface area contributed by atoms with Gasteiger partial charge < -0.3 is 14.8 Å². The zero-order valence-corrected chi connectivity index (χ0v) is 19.2. The Morgan fingerprint density at radius 2 is 1.67 bits per heavy atom. The van der Waals surface area contributed by atoms with Crippen LogP contribution in [0.2, 0.25) is 0 Å². The first-order valence-electron chi connectivity index (χ1n) is 9.67. The molecule has 0 aromatic heterocycles. The summed E-state index contributed by atoms with van der Waals surface area (Å²) in [5.41, 5.74) is 2.97. The minimum atomic E-state index is -3.65. The average molecular weight is 435 g/mol. The van der Waals surface area contributed by atoms with Gasteiger partial charge in [-0.1, -0.05) is 31.2 Å². The summed E-state index contributed by atoms with van der Waals surface area (Å²) < 4.78 is 36.7. The van der Waals surface area contributed by atoms with Gasteiger partial charge in [0.2, 0.25) is 15.9 Å². The van der Waals surface area contributed by atoms with Crippen LogP contribution in [0.3, 0.4) is 0 Å². The van der Waals surface area contributed by atoms with Gasteiger partial charge in [-0.05, 0) is 49.1 Å². The number of para-hydroxylation sites is 1. The summed E-state index contributed by atoms with van der Waals surface area (Å²) in [6.45, 7) is 5.31. The van der Waals surface area contributed by atoms with E-state index < -0.39 is 10.0 Å². The Morgan fingerprint density at radius 1 is 1.07 bits per heavy atom. The van der Waals surface area contributed by atoms with Crippen LogP contribution in [0.5, 0.6) is 11.5 Å². The highest BCUT2D eigenvalue weighted by atomic mass is 32.2. The zero-order valence-electron chi connectivity index (χ0n) is 18.4. The van der Waals surface area contributed by atoms with Gasteiger partial charge in [-0.25, -0.2) is 8.42 Å². The molecule has 1 unspecified atom stereocenters. The van der Waals surface area contributed by atoms with Gasteiger partial charge in [-0.15, -0.1) is 0 Å². The highest BCUT2D eigenvalue weighted by Crippen LogP contribution is 2.31. The number of amides is 1. The summed E-state index contributed by atoms with van der Waals surface area (Å²) >= 11 is 0. The molecule has 0 aliphatic carbocycles. The van der Waals surface area contributed by atoms with E-state index in [0.717, 1.165) is 27.3 Å². The number of methoxy groups -OCH3 is 2. The van der Waals surface area contributed by atoms with Crippen LogP contribution < -0.4 is 19.1 Å². The largest absolute Gasteiger partial charge is 0.493 e. The van der Waals surface area contributed by atoms with Gasteiger partial charge in [-0.2, -0.15) is 0 Å². The fraction of sp³-hybridized carbons (Fsp3) is 0.409. The summed E-state index contributed by atoms with van der Waals surface area (Å²) in [5.74, 6) is 0.779. The third-order valence-electron chi connectivity index (χ3n) is 4.93. The summed E-state index contributed by atoms with van der Waals surface area (Å²) in [6, 6.07) is 10.7. The fourth-order valence-corrected chi connectivity index (χ4v) is 4.39. The van der Waals surface area contributed by atoms with Crippen molar-refractivity contribution in [3.8, 4) is 11.5 Å². The van der Waals surface area contributed by atoms with Crippen LogP contribution in [-0.4, -0.2) is 41.3 Å². The normalized spacial score (nSPS) is 12.2. The highest BCUT2D eigenvalue weighted by Gasteiger charge is 2.25. The monoisotopic (exact) mass is 434 g/mol. The Hall–Kier alpha value is -2.74. The minimum absolute atomic E-state index is 0.295. The lowest BCUT2D eigenvalue weighted by Gasteiger charge is -2.27. The van der Waals surface area contributed by atoms with Crippen LogP contribution in [0.25, 0.3) is 0 Å². The van der Waals surface area contributed by atoms with E-state index in [2.05, 4.69) is 5.32 Å². The Labute approximate surface area is 179 Å². The molecule has 2 aromatic rings. The minimum Gasteiger partial charge on any atom is -0.493 e. The van der Waals surface area contributed by atoms with Gasteiger partial charge in [0.25, 0.3) is 0 Å². The number of benzene rings is 2. The molecule has 1 amide bonds. The van der Waals surface area contributed by atoms with Crippen LogP contribution in [0.1, 0.15) is 36.1 Å². The number of nitrogens with one attached hydrogen (secondary N) is 1. The summed E-state index contributed by atoms with van der Waals surface area (Å²) in [7, 11) is -0.538. The smallest absolute Gasteiger partial charge is 0.241 e. The van der Waals surface area contributed by atoms with Crippen molar-refractivity contribution in [1.82, 2.24) is 5.32 Å². The second-order valence-corrected chi connectivity index (χ2v) is 9.06. The maximum Gasteiger partial charge on any atom is 0.241 e. The van der Waals surface area contributed by atoms with Crippen LogP contribution in [0.4, 0.5) is 5.69 Å². The van der Waals surface area contributed by atoms with Gasteiger partial charge in [0.05, 0.1) is 32.2 Å². The molecule has 30 heavy (non-hydrogen) atoms. The molecule has 0 aliphatic heterocycles. The van der Waals surface area contributed by atoms with E-state index in [0.29, 0.717) is 23.6 Å². The van der Waals surface area contributed by atoms with Crippen molar-refractivity contribution in [1.29, 1.82) is 0 Å². The van der Waals surface area contributed by atoms with Gasteiger partial charge in [0, 0.05) is 0 Å². The van der Waals surface area contributed by atoms with E-state index in [-0.39, 0.29) is 18.5 Å². The molecular weight excluding hydrogens is 404 g/mol. The number of sulfonamides is 1. The van der Waals surface area contributed by atoms with Gasteiger partial charge in [0.15, 0.2) is 11.5 Å². The van der Waals surface area contributed by atoms with Crippen LogP contribution in [-0.2, 0) is 14.8 Å². The van der Waals surface area contributed by atoms with E-state index >= 15 is 0 Å². The first-order valence-corrected chi connectivity index (χ1v) is 11.5. The first-order chi connectivity index (χ1) is 14.1. The Balaban J connectivity index is 2.28. The Bertz CT molecular complexity index is 984. The van der Waals surface area contributed by atoms with Crippen LogP contribution in [0, 0.1) is 13.8 Å². The van der Waals surface area contributed by atoms with Crippen molar-refractivity contribution < 1.29 is 22.7 Å². The maximum absolute atomic E-state index is 12.8. The molecule has 7 nitrogen and oxygen atoms in total. The van der Waals surface area contributed by atoms with Gasteiger partial charge in [0.1, 0.15) is 6.54 Å². The number of carbonyl (C=O) groups is 1. The average Bonchev–Trinajstić information content (AvgIpc) is 2.69. The molecule has 164 valence electrons. The van der Waals surface area contributed by atoms with Crippen molar-refractivity contribution >= 4 is 21.6 Å². The third kappa shape index (κ3) is 5.44. The number of nitrogens with zero attached hydrogens (tertiary/aromatic N) is 1. The lowest BCUT2D eigenvalue weighted by Crippen LogP contribution is -2.42. The molecule has 0 saturated carbocycles. The number of ether oxygens (including phenoxy) is 2. The second kappa shape index (κ2) is 9.84. The number of hydrogen-bond acceptors (Lipinski definition) is 5. The molecule has 0 heterocycles. The van der Waals surface area contributed by atoms with E-state index in [1.165, 1.54) is 0 Å². The van der Waals surface area contributed by atoms with Crippen molar-refractivity contribution in [2.24, 2.45) is 0 Å². The molecule has 0 bridgehead atoms. The van der Waals surface area contributed by atoms with E-state index in [1.807, 2.05) is 51.1 Å². The lowest BCUT2D eigenvalue weighted by atomic mass is 10.0. The molecule has 0 spiro atoms. The molecule has 1 N–H and O–H groups in total. The third-order valence-corrected chi connectivity index (χ3v) is 6.04.